The van der Waals surface area contributed by atoms with Gasteiger partial charge in [-0.2, -0.15) is 0 Å². The molecule has 0 nitrogen and oxygen atoms in total. The van der Waals surface area contributed by atoms with Crippen molar-refractivity contribution in [3.63, 3.8) is 0 Å². The Balaban J connectivity index is 2.58. The first-order valence-corrected chi connectivity index (χ1v) is 3.91. The van der Waals surface area contributed by atoms with Crippen molar-refractivity contribution < 1.29 is 0 Å². The second kappa shape index (κ2) is 1.74. The van der Waals surface area contributed by atoms with Gasteiger partial charge in [0.15, 0.2) is 0 Å². The molecule has 0 atom stereocenters. The van der Waals surface area contributed by atoms with Gasteiger partial charge >= 0.3 is 0 Å². The lowest BCUT2D eigenvalue weighted by molar-refractivity contribution is 0.304. The lowest BCUT2D eigenvalue weighted by atomic mass is 9.85. The van der Waals surface area contributed by atoms with Crippen molar-refractivity contribution in [1.29, 1.82) is 0 Å². The summed E-state index contributed by atoms with van der Waals surface area (Å²) in [5.41, 5.74) is 1.26. The third kappa shape index (κ3) is 1.70. The predicted octanol–water partition coefficient (Wildman–Crippen LogP) is 3.22. The zero-order valence-corrected chi connectivity index (χ0v) is 7.12. The minimum Gasteiger partial charge on any atom is -0.0599 e. The van der Waals surface area contributed by atoms with Crippen LogP contribution < -0.4 is 0 Å². The first-order chi connectivity index (χ1) is 3.91. The Kier molecular flexibility index (Phi) is 1.38. The monoisotopic (exact) mass is 126 g/mol. The Morgan fingerprint density at radius 2 is 1.11 bits per heavy atom. The van der Waals surface area contributed by atoms with Crippen LogP contribution in [0, 0.1) is 10.8 Å². The van der Waals surface area contributed by atoms with E-state index in [4.69, 9.17) is 0 Å². The van der Waals surface area contributed by atoms with Crippen molar-refractivity contribution in [3.8, 4) is 0 Å². The molecule has 0 aromatic carbocycles. The highest BCUT2D eigenvalue weighted by Gasteiger charge is 2.35. The maximum absolute atomic E-state index is 2.38. The first kappa shape index (κ1) is 7.11. The summed E-state index contributed by atoms with van der Waals surface area (Å²) < 4.78 is 0. The van der Waals surface area contributed by atoms with Crippen LogP contribution in [0.25, 0.3) is 0 Å². The van der Waals surface area contributed by atoms with E-state index >= 15 is 0 Å². The number of rotatable bonds is 0. The van der Waals surface area contributed by atoms with Gasteiger partial charge in [0.2, 0.25) is 0 Å². The quantitative estimate of drug-likeness (QED) is 0.467. The van der Waals surface area contributed by atoms with E-state index in [9.17, 15) is 0 Å². The smallest absolute Gasteiger partial charge is 0.0349 e. The summed E-state index contributed by atoms with van der Waals surface area (Å²) in [5, 5.41) is 0. The van der Waals surface area contributed by atoms with Gasteiger partial charge in [-0.1, -0.05) is 27.7 Å². The molecule has 9 heavy (non-hydrogen) atoms. The fourth-order valence-corrected chi connectivity index (χ4v) is 2.15. The van der Waals surface area contributed by atoms with Crippen LogP contribution in [0.4, 0.5) is 0 Å². The largest absolute Gasteiger partial charge is 0.0599 e. The summed E-state index contributed by atoms with van der Waals surface area (Å²) in [6.45, 7) is 9.51. The highest BCUT2D eigenvalue weighted by Crippen LogP contribution is 2.48. The second-order valence-electron chi connectivity index (χ2n) is 5.01. The molecule has 0 heterocycles. The molecule has 0 spiro atoms. The van der Waals surface area contributed by atoms with Crippen molar-refractivity contribution in [2.24, 2.45) is 10.8 Å². The van der Waals surface area contributed by atoms with Gasteiger partial charge in [-0.3, -0.25) is 0 Å². The lowest BCUT2D eigenvalue weighted by Crippen LogP contribution is -2.09. The van der Waals surface area contributed by atoms with E-state index in [0.717, 1.165) is 0 Å². The van der Waals surface area contributed by atoms with Crippen molar-refractivity contribution in [2.45, 2.75) is 47.0 Å². The minimum absolute atomic E-state index is 0.628. The molecule has 0 saturated heterocycles. The zero-order chi connectivity index (χ0) is 7.12. The SMILES string of the molecule is CC1(C)CCC(C)(C)C1. The summed E-state index contributed by atoms with van der Waals surface area (Å²) in [6.07, 6.45) is 4.24. The normalized spacial score (nSPS) is 30.7. The topological polar surface area (TPSA) is 0 Å². The average molecular weight is 126 g/mol. The number of hydrogen-bond donors (Lipinski definition) is 0. The standard InChI is InChI=1S/C9H18/c1-8(2)5-6-9(3,4)7-8/h5-7H2,1-4H3. The molecule has 0 heteroatoms. The van der Waals surface area contributed by atoms with E-state index < -0.39 is 0 Å². The molecule has 0 aromatic rings. The Morgan fingerprint density at radius 3 is 1.22 bits per heavy atom. The van der Waals surface area contributed by atoms with Crippen LogP contribution in [0.15, 0.2) is 0 Å². The molecule has 1 aliphatic rings. The van der Waals surface area contributed by atoms with Crippen LogP contribution in [-0.2, 0) is 0 Å². The Hall–Kier alpha value is 0. The van der Waals surface area contributed by atoms with Gasteiger partial charge in [-0.25, -0.2) is 0 Å². The van der Waals surface area contributed by atoms with Crippen molar-refractivity contribution in [1.82, 2.24) is 0 Å². The number of hydrogen-bond acceptors (Lipinski definition) is 0. The van der Waals surface area contributed by atoms with Gasteiger partial charge in [0.25, 0.3) is 0 Å². The van der Waals surface area contributed by atoms with E-state index in [1.807, 2.05) is 0 Å². The van der Waals surface area contributed by atoms with E-state index in [1.54, 1.807) is 0 Å². The van der Waals surface area contributed by atoms with Crippen molar-refractivity contribution in [2.75, 3.05) is 0 Å². The highest BCUT2D eigenvalue weighted by atomic mass is 14.4. The second-order valence-corrected chi connectivity index (χ2v) is 5.01. The summed E-state index contributed by atoms with van der Waals surface area (Å²) >= 11 is 0. The van der Waals surface area contributed by atoms with Crippen molar-refractivity contribution in [3.05, 3.63) is 0 Å². The Labute approximate surface area is 58.7 Å². The van der Waals surface area contributed by atoms with Crippen LogP contribution >= 0.6 is 0 Å². The molecule has 1 rings (SSSR count). The maximum atomic E-state index is 2.38. The predicted molar refractivity (Wildman–Crippen MR) is 41.4 cm³/mol. The van der Waals surface area contributed by atoms with Gasteiger partial charge in [-0.15, -0.1) is 0 Å². The highest BCUT2D eigenvalue weighted by molar-refractivity contribution is 4.87. The third-order valence-corrected chi connectivity index (χ3v) is 2.44. The Bertz CT molecular complexity index is 95.2. The van der Waals surface area contributed by atoms with Gasteiger partial charge < -0.3 is 0 Å². The van der Waals surface area contributed by atoms with Gasteiger partial charge in [0.1, 0.15) is 0 Å². The van der Waals surface area contributed by atoms with E-state index in [2.05, 4.69) is 27.7 Å². The molecule has 0 bridgehead atoms. The minimum atomic E-state index is 0.628. The van der Waals surface area contributed by atoms with Gasteiger partial charge in [0.05, 0.1) is 0 Å². The molecular formula is C9H18. The zero-order valence-electron chi connectivity index (χ0n) is 7.12. The molecular weight excluding hydrogens is 108 g/mol. The fourth-order valence-electron chi connectivity index (χ4n) is 2.15. The van der Waals surface area contributed by atoms with Crippen LogP contribution in [0.2, 0.25) is 0 Å². The Morgan fingerprint density at radius 1 is 0.778 bits per heavy atom. The molecule has 0 aliphatic heterocycles. The van der Waals surface area contributed by atoms with Crippen LogP contribution in [0.1, 0.15) is 47.0 Å². The molecule has 1 fully saturated rings. The van der Waals surface area contributed by atoms with Gasteiger partial charge in [0, 0.05) is 0 Å². The molecule has 0 radical (unpaired) electrons. The summed E-state index contributed by atoms with van der Waals surface area (Å²) in [5.74, 6) is 0. The molecule has 0 aromatic heterocycles. The molecule has 1 saturated carbocycles. The maximum Gasteiger partial charge on any atom is -0.0349 e. The first-order valence-electron chi connectivity index (χ1n) is 3.91. The molecule has 54 valence electrons. The van der Waals surface area contributed by atoms with Crippen molar-refractivity contribution >= 4 is 0 Å². The summed E-state index contributed by atoms with van der Waals surface area (Å²) in [7, 11) is 0. The van der Waals surface area contributed by atoms with E-state index in [-0.39, 0.29) is 0 Å². The molecule has 1 aliphatic carbocycles. The molecule has 0 N–H and O–H groups in total. The van der Waals surface area contributed by atoms with Crippen LogP contribution in [0.3, 0.4) is 0 Å². The van der Waals surface area contributed by atoms with Gasteiger partial charge in [-0.05, 0) is 30.1 Å². The van der Waals surface area contributed by atoms with E-state index in [0.29, 0.717) is 10.8 Å². The van der Waals surface area contributed by atoms with E-state index in [1.165, 1.54) is 19.3 Å². The van der Waals surface area contributed by atoms with Crippen LogP contribution in [-0.4, -0.2) is 0 Å². The molecule has 0 amide bonds. The summed E-state index contributed by atoms with van der Waals surface area (Å²) in [6, 6.07) is 0. The lowest BCUT2D eigenvalue weighted by Gasteiger charge is -2.21. The fraction of sp³-hybridized carbons (Fsp3) is 1.00. The summed E-state index contributed by atoms with van der Waals surface area (Å²) in [4.78, 5) is 0. The average Bonchev–Trinajstić information content (AvgIpc) is 1.78. The van der Waals surface area contributed by atoms with Crippen LogP contribution in [0.5, 0.6) is 0 Å². The molecule has 0 unspecified atom stereocenters. The third-order valence-electron chi connectivity index (χ3n) is 2.44.